The number of carboxylic acid groups (broad SMARTS) is 1. The van der Waals surface area contributed by atoms with Crippen LogP contribution in [0, 0.1) is 0 Å². The lowest BCUT2D eigenvalue weighted by Crippen LogP contribution is -2.44. The molecule has 4 heteroatoms. The first-order valence-corrected chi connectivity index (χ1v) is 6.63. The summed E-state index contributed by atoms with van der Waals surface area (Å²) in [7, 11) is 4.13. The minimum absolute atomic E-state index is 0.0170. The Balaban J connectivity index is 2.38. The molecule has 1 aromatic carbocycles. The van der Waals surface area contributed by atoms with E-state index in [0.29, 0.717) is 23.9 Å². The van der Waals surface area contributed by atoms with E-state index in [4.69, 9.17) is 0 Å². The average molecular weight is 265 g/mol. The second-order valence-electron chi connectivity index (χ2n) is 5.68. The lowest BCUT2D eigenvalue weighted by Gasteiger charge is -2.32. The van der Waals surface area contributed by atoms with Gasteiger partial charge in [-0.15, -0.1) is 0 Å². The maximum Gasteiger partial charge on any atom is 0.105 e. The first-order chi connectivity index (χ1) is 8.89. The van der Waals surface area contributed by atoms with Crippen molar-refractivity contribution >= 4 is 5.97 Å². The number of carbonyl (C=O) groups excluding carboxylic acids is 1. The van der Waals surface area contributed by atoms with Gasteiger partial charge in [0.1, 0.15) is 19.2 Å². The molecule has 1 unspecified atom stereocenters. The molecule has 19 heavy (non-hydrogen) atoms. The number of carboxylic acids is 1. The number of quaternary nitrogens is 1. The Morgan fingerprint density at radius 3 is 2.53 bits per heavy atom. The number of carbonyl (C=O) groups is 1. The molecule has 4 nitrogen and oxygen atoms in total. The molecule has 1 N–H and O–H groups in total. The van der Waals surface area contributed by atoms with Gasteiger partial charge in [-0.1, -0.05) is 30.3 Å². The number of rotatable bonds is 8. The number of aliphatic carboxylic acids is 1. The Bertz CT molecular complexity index is 390. The number of benzene rings is 1. The zero-order valence-electron chi connectivity index (χ0n) is 11.7. The fraction of sp³-hybridized carbons (Fsp3) is 0.533. The van der Waals surface area contributed by atoms with Crippen molar-refractivity contribution in [1.82, 2.24) is 0 Å². The Hall–Kier alpha value is -1.39. The second kappa shape index (κ2) is 7.26. The van der Waals surface area contributed by atoms with Crippen molar-refractivity contribution in [2.45, 2.75) is 31.9 Å². The molecular weight excluding hydrogens is 242 g/mol. The molecule has 0 aliphatic heterocycles. The lowest BCUT2D eigenvalue weighted by molar-refractivity contribution is -0.906. The molecule has 0 saturated carbocycles. The second-order valence-corrected chi connectivity index (χ2v) is 5.68. The van der Waals surface area contributed by atoms with Crippen LogP contribution in [0.3, 0.4) is 0 Å². The van der Waals surface area contributed by atoms with Crippen molar-refractivity contribution in [1.29, 1.82) is 0 Å². The minimum Gasteiger partial charge on any atom is -0.550 e. The molecule has 0 saturated heterocycles. The Morgan fingerprint density at radius 1 is 1.32 bits per heavy atom. The quantitative estimate of drug-likeness (QED) is 0.698. The van der Waals surface area contributed by atoms with E-state index in [1.807, 2.05) is 18.2 Å². The van der Waals surface area contributed by atoms with Crippen LogP contribution in [-0.4, -0.2) is 42.3 Å². The third kappa shape index (κ3) is 6.94. The lowest BCUT2D eigenvalue weighted by atomic mass is 10.1. The van der Waals surface area contributed by atoms with Gasteiger partial charge in [0.15, 0.2) is 0 Å². The molecule has 0 aliphatic carbocycles. The summed E-state index contributed by atoms with van der Waals surface area (Å²) in [5.41, 5.74) is 1.23. The van der Waals surface area contributed by atoms with Crippen molar-refractivity contribution in [3.63, 3.8) is 0 Å². The van der Waals surface area contributed by atoms with E-state index in [0.717, 1.165) is 6.54 Å². The highest BCUT2D eigenvalue weighted by atomic mass is 16.4. The third-order valence-electron chi connectivity index (χ3n) is 3.08. The molecule has 0 heterocycles. The number of aliphatic hydroxyl groups excluding tert-OH is 1. The van der Waals surface area contributed by atoms with Crippen molar-refractivity contribution < 1.29 is 19.5 Å². The number of nitrogens with zero attached hydrogens (tertiary/aromatic N) is 1. The number of hydrogen-bond donors (Lipinski definition) is 1. The summed E-state index contributed by atoms with van der Waals surface area (Å²) in [5.74, 6) is -1.05. The van der Waals surface area contributed by atoms with Crippen LogP contribution in [0.1, 0.15) is 24.8 Å². The van der Waals surface area contributed by atoms with Crippen LogP contribution in [0.2, 0.25) is 0 Å². The van der Waals surface area contributed by atoms with Crippen LogP contribution in [0.25, 0.3) is 0 Å². The number of aliphatic hydroxyl groups is 1. The summed E-state index contributed by atoms with van der Waals surface area (Å²) in [6, 6.07) is 10.1. The highest BCUT2D eigenvalue weighted by Crippen LogP contribution is 2.12. The molecule has 0 spiro atoms. The van der Waals surface area contributed by atoms with Gasteiger partial charge in [-0.3, -0.25) is 0 Å². The predicted molar refractivity (Wildman–Crippen MR) is 72.0 cm³/mol. The third-order valence-corrected chi connectivity index (χ3v) is 3.08. The fourth-order valence-corrected chi connectivity index (χ4v) is 2.29. The van der Waals surface area contributed by atoms with Gasteiger partial charge in [0.05, 0.1) is 14.1 Å². The summed E-state index contributed by atoms with van der Waals surface area (Å²) < 4.78 is 0.677. The van der Waals surface area contributed by atoms with Crippen LogP contribution in [0.4, 0.5) is 0 Å². The predicted octanol–water partition coefficient (Wildman–Crippen LogP) is 0.544. The number of likely N-dealkylation sites (N-methyl/N-ethyl adjacent to an activating group) is 1. The number of hydrogen-bond acceptors (Lipinski definition) is 3. The Labute approximate surface area is 114 Å². The van der Waals surface area contributed by atoms with Crippen molar-refractivity contribution in [2.24, 2.45) is 0 Å². The molecule has 0 aromatic heterocycles. The normalized spacial score (nSPS) is 13.2. The molecule has 0 aliphatic rings. The van der Waals surface area contributed by atoms with Crippen LogP contribution >= 0.6 is 0 Å². The first kappa shape index (κ1) is 15.7. The topological polar surface area (TPSA) is 60.4 Å². The van der Waals surface area contributed by atoms with E-state index in [9.17, 15) is 15.0 Å². The van der Waals surface area contributed by atoms with E-state index in [1.54, 1.807) is 0 Å². The maximum absolute atomic E-state index is 10.3. The van der Waals surface area contributed by atoms with Crippen LogP contribution in [0.15, 0.2) is 30.3 Å². The van der Waals surface area contributed by atoms with Gasteiger partial charge in [-0.05, 0) is 19.3 Å². The van der Waals surface area contributed by atoms with Gasteiger partial charge < -0.3 is 19.5 Å². The standard InChI is InChI=1S/C15H23NO3/c1-16(2,11-13-7-4-3-5-8-13)12-14(17)9-6-10-15(18)19/h3-5,7-8,14,17H,6,9-12H2,1-2H3. The van der Waals surface area contributed by atoms with Crippen LogP contribution in [0.5, 0.6) is 0 Å². The largest absolute Gasteiger partial charge is 0.550 e. The van der Waals surface area contributed by atoms with Gasteiger partial charge >= 0.3 is 0 Å². The summed E-state index contributed by atoms with van der Waals surface area (Å²) >= 11 is 0. The van der Waals surface area contributed by atoms with Crippen LogP contribution in [-0.2, 0) is 11.3 Å². The van der Waals surface area contributed by atoms with E-state index in [2.05, 4.69) is 26.2 Å². The van der Waals surface area contributed by atoms with E-state index in [-0.39, 0.29) is 6.42 Å². The smallest absolute Gasteiger partial charge is 0.105 e. The Morgan fingerprint density at radius 2 is 1.95 bits per heavy atom. The summed E-state index contributed by atoms with van der Waals surface area (Å²) in [6.45, 7) is 1.46. The maximum atomic E-state index is 10.3. The molecular formula is C15H23NO3. The molecule has 1 rings (SSSR count). The van der Waals surface area contributed by atoms with Gasteiger partial charge in [-0.25, -0.2) is 0 Å². The highest BCUT2D eigenvalue weighted by molar-refractivity contribution is 5.64. The zero-order chi connectivity index (χ0) is 14.3. The van der Waals surface area contributed by atoms with Crippen molar-refractivity contribution in [3.05, 3.63) is 35.9 Å². The van der Waals surface area contributed by atoms with Gasteiger partial charge in [0.2, 0.25) is 0 Å². The van der Waals surface area contributed by atoms with Crippen molar-refractivity contribution in [2.75, 3.05) is 20.6 Å². The van der Waals surface area contributed by atoms with Gasteiger partial charge in [0, 0.05) is 11.5 Å². The summed E-state index contributed by atoms with van der Waals surface area (Å²) in [5, 5.41) is 20.3. The van der Waals surface area contributed by atoms with Crippen molar-refractivity contribution in [3.8, 4) is 0 Å². The fourth-order valence-electron chi connectivity index (χ4n) is 2.29. The zero-order valence-corrected chi connectivity index (χ0v) is 11.7. The molecule has 1 aromatic rings. The highest BCUT2D eigenvalue weighted by Gasteiger charge is 2.20. The molecule has 1 atom stereocenters. The molecule has 0 amide bonds. The molecule has 0 fully saturated rings. The minimum atomic E-state index is -1.05. The summed E-state index contributed by atoms with van der Waals surface area (Å²) in [6.07, 6.45) is 0.515. The SMILES string of the molecule is C[N+](C)(Cc1ccccc1)CC(O)CCCC(=O)[O-]. The van der Waals surface area contributed by atoms with E-state index in [1.165, 1.54) is 5.56 Å². The summed E-state index contributed by atoms with van der Waals surface area (Å²) in [4.78, 5) is 10.3. The molecule has 0 radical (unpaired) electrons. The molecule has 106 valence electrons. The molecule has 0 bridgehead atoms. The van der Waals surface area contributed by atoms with Gasteiger partial charge in [0.25, 0.3) is 0 Å². The van der Waals surface area contributed by atoms with E-state index >= 15 is 0 Å². The first-order valence-electron chi connectivity index (χ1n) is 6.63. The van der Waals surface area contributed by atoms with E-state index < -0.39 is 12.1 Å². The monoisotopic (exact) mass is 265 g/mol. The Kier molecular flexibility index (Phi) is 5.99. The van der Waals surface area contributed by atoms with Crippen LogP contribution < -0.4 is 5.11 Å². The van der Waals surface area contributed by atoms with Gasteiger partial charge in [-0.2, -0.15) is 0 Å². The average Bonchev–Trinajstić information content (AvgIpc) is 2.28.